The van der Waals surface area contributed by atoms with Gasteiger partial charge in [0.25, 0.3) is 5.69 Å². The number of nitrogens with one attached hydrogen (secondary N) is 1. The van der Waals surface area contributed by atoms with Crippen LogP contribution in [0.25, 0.3) is 0 Å². The summed E-state index contributed by atoms with van der Waals surface area (Å²) in [5.74, 6) is -1.16. The molecule has 5 atom stereocenters. The minimum atomic E-state index is -0.760. The number of carbonyl (C=O) groups is 3. The zero-order valence-corrected chi connectivity index (χ0v) is 17.8. The van der Waals surface area contributed by atoms with Crippen LogP contribution in [0.4, 0.5) is 5.69 Å². The van der Waals surface area contributed by atoms with Gasteiger partial charge in [-0.25, -0.2) is 0 Å². The Balaban J connectivity index is 1.41. The molecule has 1 saturated heterocycles. The van der Waals surface area contributed by atoms with Crippen molar-refractivity contribution in [2.45, 2.75) is 57.0 Å². The van der Waals surface area contributed by atoms with E-state index in [1.165, 1.54) is 23.5 Å². The molecule has 5 unspecified atom stereocenters. The smallest absolute Gasteiger partial charge is 0.269 e. The number of hydrogen-bond donors (Lipinski definition) is 1. The van der Waals surface area contributed by atoms with Gasteiger partial charge < -0.3 is 5.32 Å². The number of non-ortho nitro benzene ring substituents is 1. The Bertz CT molecular complexity index is 952. The third-order valence-electron chi connectivity index (χ3n) is 7.65. The lowest BCUT2D eigenvalue weighted by Gasteiger charge is -2.29. The molecule has 1 heterocycles. The van der Waals surface area contributed by atoms with Gasteiger partial charge in [0.15, 0.2) is 0 Å². The van der Waals surface area contributed by atoms with E-state index in [1.54, 1.807) is 12.1 Å². The second-order valence-corrected chi connectivity index (χ2v) is 9.52. The molecule has 8 nitrogen and oxygen atoms in total. The van der Waals surface area contributed by atoms with E-state index in [0.29, 0.717) is 5.56 Å². The van der Waals surface area contributed by atoms with Crippen molar-refractivity contribution in [2.75, 3.05) is 0 Å². The summed E-state index contributed by atoms with van der Waals surface area (Å²) < 4.78 is 0. The maximum Gasteiger partial charge on any atom is 0.269 e. The molecule has 3 aliphatic carbocycles. The summed E-state index contributed by atoms with van der Waals surface area (Å²) in [7, 11) is 0. The molecule has 168 valence electrons. The van der Waals surface area contributed by atoms with Crippen molar-refractivity contribution in [3.05, 3.63) is 52.1 Å². The predicted molar refractivity (Wildman–Crippen MR) is 115 cm³/mol. The number of nitro groups is 1. The summed E-state index contributed by atoms with van der Waals surface area (Å²) in [5, 5.41) is 14.1. The molecule has 3 amide bonds. The van der Waals surface area contributed by atoms with Gasteiger partial charge in [-0.15, -0.1) is 0 Å². The van der Waals surface area contributed by atoms with Crippen molar-refractivity contribution >= 4 is 23.4 Å². The van der Waals surface area contributed by atoms with E-state index in [-0.39, 0.29) is 59.5 Å². The van der Waals surface area contributed by atoms with Gasteiger partial charge in [-0.1, -0.05) is 43.5 Å². The van der Waals surface area contributed by atoms with Crippen LogP contribution in [0, 0.1) is 33.8 Å². The number of amides is 3. The van der Waals surface area contributed by atoms with Gasteiger partial charge in [-0.05, 0) is 36.7 Å². The molecule has 1 N–H and O–H groups in total. The minimum Gasteiger partial charge on any atom is -0.353 e. The first kappa shape index (κ1) is 20.8. The first-order chi connectivity index (χ1) is 15.4. The summed E-state index contributed by atoms with van der Waals surface area (Å²) in [5.41, 5.74) is 0.494. The van der Waals surface area contributed by atoms with E-state index < -0.39 is 11.0 Å². The zero-order chi connectivity index (χ0) is 22.4. The first-order valence-electron chi connectivity index (χ1n) is 11.5. The van der Waals surface area contributed by atoms with E-state index in [9.17, 15) is 24.5 Å². The van der Waals surface area contributed by atoms with E-state index in [1.807, 2.05) is 12.2 Å². The fourth-order valence-electron chi connectivity index (χ4n) is 6.12. The third-order valence-corrected chi connectivity index (χ3v) is 7.65. The first-order valence-corrected chi connectivity index (χ1v) is 11.5. The summed E-state index contributed by atoms with van der Waals surface area (Å²) in [6.07, 6.45) is 10.1. The Morgan fingerprint density at radius 3 is 2.19 bits per heavy atom. The van der Waals surface area contributed by atoms with Gasteiger partial charge in [0, 0.05) is 18.2 Å². The number of nitrogens with zero attached hydrogens (tertiary/aromatic N) is 2. The van der Waals surface area contributed by atoms with Crippen LogP contribution in [-0.2, 0) is 14.4 Å². The van der Waals surface area contributed by atoms with Crippen molar-refractivity contribution in [3.8, 4) is 0 Å². The molecule has 1 aliphatic heterocycles. The molecule has 2 saturated carbocycles. The average Bonchev–Trinajstić information content (AvgIpc) is 3.47. The molecule has 0 spiro atoms. The van der Waals surface area contributed by atoms with Gasteiger partial charge in [0.2, 0.25) is 17.7 Å². The quantitative estimate of drug-likeness (QED) is 0.318. The highest BCUT2D eigenvalue weighted by molar-refractivity contribution is 6.07. The molecule has 1 aromatic carbocycles. The SMILES string of the molecule is O=C(CC(c1ccc([N+](=O)[O-])cc1)N1C(=O)C2C3C=CC(C3)C2C1=O)NC1CCCCC1. The van der Waals surface area contributed by atoms with E-state index in [4.69, 9.17) is 0 Å². The standard InChI is InChI=1S/C24H27N3O5/c28-20(25-17-4-2-1-3-5-17)13-19(14-8-10-18(11-9-14)27(31)32)26-23(29)21-15-6-7-16(12-15)22(21)24(26)30/h6-11,15-17,19,21-22H,1-5,12-13H2,(H,25,28). The van der Waals surface area contributed by atoms with Gasteiger partial charge in [0.05, 0.1) is 29.2 Å². The molecule has 1 aromatic rings. The van der Waals surface area contributed by atoms with Crippen LogP contribution >= 0.6 is 0 Å². The Morgan fingerprint density at radius 2 is 1.62 bits per heavy atom. The monoisotopic (exact) mass is 437 g/mol. The average molecular weight is 437 g/mol. The number of rotatable bonds is 6. The molecule has 0 aromatic heterocycles. The summed E-state index contributed by atoms with van der Waals surface area (Å²) in [6.45, 7) is 0. The van der Waals surface area contributed by atoms with Crippen LogP contribution in [0.2, 0.25) is 0 Å². The molecule has 2 bridgehead atoms. The fraction of sp³-hybridized carbons (Fsp3) is 0.542. The molecule has 32 heavy (non-hydrogen) atoms. The predicted octanol–water partition coefficient (Wildman–Crippen LogP) is 3.28. The molecule has 3 fully saturated rings. The van der Waals surface area contributed by atoms with Crippen LogP contribution < -0.4 is 5.32 Å². The number of hydrogen-bond acceptors (Lipinski definition) is 5. The highest BCUT2D eigenvalue weighted by Crippen LogP contribution is 2.54. The van der Waals surface area contributed by atoms with Gasteiger partial charge in [0.1, 0.15) is 0 Å². The zero-order valence-electron chi connectivity index (χ0n) is 17.8. The highest BCUT2D eigenvalue weighted by Gasteiger charge is 2.60. The molecule has 4 aliphatic rings. The van der Waals surface area contributed by atoms with Crippen molar-refractivity contribution in [1.82, 2.24) is 10.2 Å². The number of nitro benzene ring substituents is 1. The van der Waals surface area contributed by atoms with Crippen LogP contribution in [0.3, 0.4) is 0 Å². The lowest BCUT2D eigenvalue weighted by molar-refractivity contribution is -0.384. The lowest BCUT2D eigenvalue weighted by Crippen LogP contribution is -2.42. The number of carbonyl (C=O) groups excluding carboxylic acids is 3. The van der Waals surface area contributed by atoms with Crippen molar-refractivity contribution in [2.24, 2.45) is 23.7 Å². The maximum atomic E-state index is 13.4. The number of fused-ring (bicyclic) bond motifs is 5. The van der Waals surface area contributed by atoms with Crippen LogP contribution in [0.1, 0.15) is 56.6 Å². The largest absolute Gasteiger partial charge is 0.353 e. The van der Waals surface area contributed by atoms with Gasteiger partial charge in [-0.3, -0.25) is 29.4 Å². The Morgan fingerprint density at radius 1 is 1.03 bits per heavy atom. The molecule has 5 rings (SSSR count). The summed E-state index contributed by atoms with van der Waals surface area (Å²) in [6, 6.07) is 5.19. The third kappa shape index (κ3) is 3.51. The van der Waals surface area contributed by atoms with Gasteiger partial charge >= 0.3 is 0 Å². The number of likely N-dealkylation sites (tertiary alicyclic amines) is 1. The maximum absolute atomic E-state index is 13.4. The van der Waals surface area contributed by atoms with E-state index in [2.05, 4.69) is 5.32 Å². The van der Waals surface area contributed by atoms with Crippen LogP contribution in [0.5, 0.6) is 0 Å². The normalized spacial score (nSPS) is 29.9. The second kappa shape index (κ2) is 8.15. The molecular weight excluding hydrogens is 410 g/mol. The lowest BCUT2D eigenvalue weighted by atomic mass is 9.85. The molecular formula is C24H27N3O5. The van der Waals surface area contributed by atoms with E-state index >= 15 is 0 Å². The topological polar surface area (TPSA) is 110 Å². The van der Waals surface area contributed by atoms with Crippen LogP contribution in [-0.4, -0.2) is 33.6 Å². The van der Waals surface area contributed by atoms with Gasteiger partial charge in [-0.2, -0.15) is 0 Å². The molecule has 0 radical (unpaired) electrons. The summed E-state index contributed by atoms with van der Waals surface area (Å²) >= 11 is 0. The van der Waals surface area contributed by atoms with Crippen molar-refractivity contribution in [1.29, 1.82) is 0 Å². The number of imide groups is 1. The Hall–Kier alpha value is -3.03. The highest BCUT2D eigenvalue weighted by atomic mass is 16.6. The minimum absolute atomic E-state index is 0.0337. The molecule has 8 heteroatoms. The Kier molecular flexibility index (Phi) is 5.31. The Labute approximate surface area is 186 Å². The second-order valence-electron chi connectivity index (χ2n) is 9.52. The number of allylic oxidation sites excluding steroid dienone is 2. The summed E-state index contributed by atoms with van der Waals surface area (Å²) in [4.78, 5) is 51.6. The van der Waals surface area contributed by atoms with Crippen molar-refractivity contribution in [3.63, 3.8) is 0 Å². The van der Waals surface area contributed by atoms with Crippen molar-refractivity contribution < 1.29 is 19.3 Å². The number of benzene rings is 1. The van der Waals surface area contributed by atoms with Crippen LogP contribution in [0.15, 0.2) is 36.4 Å². The fourth-order valence-corrected chi connectivity index (χ4v) is 6.12. The van der Waals surface area contributed by atoms with E-state index in [0.717, 1.165) is 32.1 Å².